The monoisotopic (exact) mass is 343 g/mol. The molecular weight excluding hydrogens is 330 g/mol. The highest BCUT2D eigenvalue weighted by atomic mass is 32.1. The van der Waals surface area contributed by atoms with Crippen LogP contribution in [-0.4, -0.2) is 24.0 Å². The molecular formula is C17H13NO5S. The zero-order valence-corrected chi connectivity index (χ0v) is 13.8. The number of hydrogen-bond donors (Lipinski definition) is 0. The van der Waals surface area contributed by atoms with Crippen molar-refractivity contribution in [1.29, 1.82) is 0 Å². The number of furan rings is 1. The van der Waals surface area contributed by atoms with Gasteiger partial charge in [0.15, 0.2) is 16.5 Å². The van der Waals surface area contributed by atoms with Crippen LogP contribution in [0.25, 0.3) is 10.8 Å². The molecule has 0 saturated carbocycles. The molecule has 122 valence electrons. The highest BCUT2D eigenvalue weighted by Crippen LogP contribution is 2.28. The Morgan fingerprint density at radius 3 is 2.50 bits per heavy atom. The first-order valence-electron chi connectivity index (χ1n) is 7.00. The van der Waals surface area contributed by atoms with Crippen LogP contribution in [0.3, 0.4) is 0 Å². The normalized spacial score (nSPS) is 10.4. The van der Waals surface area contributed by atoms with Gasteiger partial charge >= 0.3 is 11.9 Å². The standard InChI is InChI=1S/C17H13NO5S/c1-10-14(18-15(24-10)13-4-3-9-22-13)17(20)23-12-7-5-11(6-8-12)16(19)21-2/h3-9H,1-2H3. The van der Waals surface area contributed by atoms with Crippen molar-refractivity contribution in [1.82, 2.24) is 4.98 Å². The molecule has 24 heavy (non-hydrogen) atoms. The smallest absolute Gasteiger partial charge is 0.363 e. The van der Waals surface area contributed by atoms with E-state index in [2.05, 4.69) is 9.72 Å². The molecule has 0 fully saturated rings. The summed E-state index contributed by atoms with van der Waals surface area (Å²) in [6, 6.07) is 9.64. The molecule has 6 nitrogen and oxygen atoms in total. The average molecular weight is 343 g/mol. The van der Waals surface area contributed by atoms with Crippen molar-refractivity contribution in [2.45, 2.75) is 6.92 Å². The maximum Gasteiger partial charge on any atom is 0.363 e. The molecule has 2 aromatic heterocycles. The number of esters is 2. The van der Waals surface area contributed by atoms with Crippen molar-refractivity contribution in [3.8, 4) is 16.5 Å². The van der Waals surface area contributed by atoms with E-state index >= 15 is 0 Å². The molecule has 0 saturated heterocycles. The Kier molecular flexibility index (Phi) is 4.43. The minimum absolute atomic E-state index is 0.239. The predicted molar refractivity (Wildman–Crippen MR) is 87.3 cm³/mol. The highest BCUT2D eigenvalue weighted by molar-refractivity contribution is 7.15. The number of thiazole rings is 1. The van der Waals surface area contributed by atoms with Gasteiger partial charge in [0.25, 0.3) is 0 Å². The lowest BCUT2D eigenvalue weighted by Crippen LogP contribution is -2.10. The molecule has 0 aliphatic carbocycles. The van der Waals surface area contributed by atoms with Crippen LogP contribution in [0, 0.1) is 6.92 Å². The highest BCUT2D eigenvalue weighted by Gasteiger charge is 2.19. The molecule has 1 aromatic carbocycles. The van der Waals surface area contributed by atoms with E-state index in [1.54, 1.807) is 25.3 Å². The van der Waals surface area contributed by atoms with Crippen LogP contribution in [0.15, 0.2) is 47.1 Å². The molecule has 3 aromatic rings. The van der Waals surface area contributed by atoms with Crippen LogP contribution in [0.2, 0.25) is 0 Å². The molecule has 3 rings (SSSR count). The Morgan fingerprint density at radius 2 is 1.88 bits per heavy atom. The summed E-state index contributed by atoms with van der Waals surface area (Å²) in [5.41, 5.74) is 0.616. The number of benzene rings is 1. The van der Waals surface area contributed by atoms with Crippen molar-refractivity contribution in [3.63, 3.8) is 0 Å². The van der Waals surface area contributed by atoms with Gasteiger partial charge in [0.05, 0.1) is 18.9 Å². The second kappa shape index (κ2) is 6.67. The zero-order chi connectivity index (χ0) is 17.1. The summed E-state index contributed by atoms with van der Waals surface area (Å²) in [6.07, 6.45) is 1.55. The van der Waals surface area contributed by atoms with Crippen molar-refractivity contribution in [2.75, 3.05) is 7.11 Å². The number of carbonyl (C=O) groups excluding carboxylic acids is 2. The second-order valence-electron chi connectivity index (χ2n) is 4.81. The maximum absolute atomic E-state index is 12.3. The second-order valence-corrected chi connectivity index (χ2v) is 6.01. The molecule has 0 spiro atoms. The van der Waals surface area contributed by atoms with Gasteiger partial charge in [-0.2, -0.15) is 0 Å². The summed E-state index contributed by atoms with van der Waals surface area (Å²) in [6.45, 7) is 1.79. The zero-order valence-electron chi connectivity index (χ0n) is 12.9. The SMILES string of the molecule is COC(=O)c1ccc(OC(=O)c2nc(-c3ccco3)sc2C)cc1. The fraction of sp³-hybridized carbons (Fsp3) is 0.118. The van der Waals surface area contributed by atoms with E-state index in [9.17, 15) is 9.59 Å². The quantitative estimate of drug-likeness (QED) is 0.531. The fourth-order valence-electron chi connectivity index (χ4n) is 2.02. The third-order valence-electron chi connectivity index (χ3n) is 3.21. The minimum atomic E-state index is -0.563. The van der Waals surface area contributed by atoms with Gasteiger partial charge in [0.1, 0.15) is 5.75 Å². The molecule has 7 heteroatoms. The van der Waals surface area contributed by atoms with Crippen molar-refractivity contribution in [3.05, 3.63) is 58.8 Å². The van der Waals surface area contributed by atoms with Crippen molar-refractivity contribution in [2.24, 2.45) is 0 Å². The van der Waals surface area contributed by atoms with E-state index in [0.29, 0.717) is 22.1 Å². The number of ether oxygens (including phenoxy) is 2. The topological polar surface area (TPSA) is 78.6 Å². The van der Waals surface area contributed by atoms with E-state index in [1.807, 2.05) is 0 Å². The largest absolute Gasteiger partial charge is 0.465 e. The third kappa shape index (κ3) is 3.21. The average Bonchev–Trinajstić information content (AvgIpc) is 3.24. The first kappa shape index (κ1) is 15.9. The predicted octanol–water partition coefficient (Wildman–Crippen LogP) is 3.72. The van der Waals surface area contributed by atoms with Crippen LogP contribution >= 0.6 is 11.3 Å². The lowest BCUT2D eigenvalue weighted by atomic mass is 10.2. The molecule has 2 heterocycles. The van der Waals surface area contributed by atoms with Crippen LogP contribution in [0.1, 0.15) is 25.7 Å². The number of carbonyl (C=O) groups is 2. The fourth-order valence-corrected chi connectivity index (χ4v) is 2.89. The number of aryl methyl sites for hydroxylation is 1. The molecule has 0 N–H and O–H groups in total. The summed E-state index contributed by atoms with van der Waals surface area (Å²) in [5, 5.41) is 0.616. The Morgan fingerprint density at radius 1 is 1.12 bits per heavy atom. The molecule has 0 atom stereocenters. The summed E-state index contributed by atoms with van der Waals surface area (Å²) in [7, 11) is 1.30. The summed E-state index contributed by atoms with van der Waals surface area (Å²) in [4.78, 5) is 28.7. The van der Waals surface area contributed by atoms with Gasteiger partial charge in [-0.05, 0) is 43.3 Å². The van der Waals surface area contributed by atoms with Crippen LogP contribution in [0.5, 0.6) is 5.75 Å². The Bertz CT molecular complexity index is 865. The molecule has 0 aliphatic rings. The molecule has 0 bridgehead atoms. The van der Waals surface area contributed by atoms with E-state index in [0.717, 1.165) is 4.88 Å². The Labute approximate surface area is 141 Å². The van der Waals surface area contributed by atoms with Gasteiger partial charge in [0.2, 0.25) is 0 Å². The van der Waals surface area contributed by atoms with Gasteiger partial charge in [-0.3, -0.25) is 0 Å². The van der Waals surface area contributed by atoms with E-state index < -0.39 is 11.9 Å². The van der Waals surface area contributed by atoms with Gasteiger partial charge in [-0.15, -0.1) is 11.3 Å². The van der Waals surface area contributed by atoms with Crippen molar-refractivity contribution >= 4 is 23.3 Å². The molecule has 0 unspecified atom stereocenters. The Balaban J connectivity index is 1.77. The number of hydrogen-bond acceptors (Lipinski definition) is 7. The Hall–Kier alpha value is -2.93. The summed E-state index contributed by atoms with van der Waals surface area (Å²) < 4.78 is 15.2. The van der Waals surface area contributed by atoms with E-state index in [1.165, 1.54) is 42.7 Å². The lowest BCUT2D eigenvalue weighted by Gasteiger charge is -2.04. The first-order valence-corrected chi connectivity index (χ1v) is 7.82. The first-order chi connectivity index (χ1) is 11.6. The number of nitrogens with zero attached hydrogens (tertiary/aromatic N) is 1. The molecule has 0 radical (unpaired) electrons. The molecule has 0 aliphatic heterocycles. The minimum Gasteiger partial charge on any atom is -0.465 e. The lowest BCUT2D eigenvalue weighted by molar-refractivity contribution is 0.0600. The van der Waals surface area contributed by atoms with E-state index in [4.69, 9.17) is 9.15 Å². The number of methoxy groups -OCH3 is 1. The third-order valence-corrected chi connectivity index (χ3v) is 4.19. The summed E-state index contributed by atoms with van der Waals surface area (Å²) in [5.74, 6) is -0.0946. The van der Waals surface area contributed by atoms with Crippen molar-refractivity contribution < 1.29 is 23.5 Å². The summed E-state index contributed by atoms with van der Waals surface area (Å²) >= 11 is 1.35. The van der Waals surface area contributed by atoms with Crippen LogP contribution in [0.4, 0.5) is 0 Å². The number of rotatable bonds is 4. The van der Waals surface area contributed by atoms with Gasteiger partial charge in [-0.25, -0.2) is 14.6 Å². The number of aromatic nitrogens is 1. The van der Waals surface area contributed by atoms with Gasteiger partial charge < -0.3 is 13.9 Å². The maximum atomic E-state index is 12.3. The van der Waals surface area contributed by atoms with Gasteiger partial charge in [-0.1, -0.05) is 0 Å². The van der Waals surface area contributed by atoms with Crippen LogP contribution < -0.4 is 4.74 Å². The van der Waals surface area contributed by atoms with Gasteiger partial charge in [0, 0.05) is 4.88 Å². The molecule has 0 amide bonds. The van der Waals surface area contributed by atoms with E-state index in [-0.39, 0.29) is 5.69 Å². The van der Waals surface area contributed by atoms with Crippen LogP contribution in [-0.2, 0) is 4.74 Å².